The van der Waals surface area contributed by atoms with E-state index in [0.717, 1.165) is 13.0 Å². The first-order valence-corrected chi connectivity index (χ1v) is 8.46. The summed E-state index contributed by atoms with van der Waals surface area (Å²) in [6.45, 7) is 1.68. The maximum Gasteiger partial charge on any atom is 0.242 e. The van der Waals surface area contributed by atoms with Crippen LogP contribution in [0, 0.1) is 0 Å². The van der Waals surface area contributed by atoms with Gasteiger partial charge in [0.05, 0.1) is 5.02 Å². The van der Waals surface area contributed by atoms with Gasteiger partial charge in [-0.1, -0.05) is 23.2 Å². The SMILES string of the molecule is CN1CCC(NS(=O)(=O)c2cc(Cl)cc(CN)c2Cl)C1. The van der Waals surface area contributed by atoms with E-state index in [1.165, 1.54) is 6.07 Å². The highest BCUT2D eigenvalue weighted by molar-refractivity contribution is 7.89. The summed E-state index contributed by atoms with van der Waals surface area (Å²) in [5, 5.41) is 0.439. The molecule has 0 radical (unpaired) electrons. The average Bonchev–Trinajstić information content (AvgIpc) is 2.76. The summed E-state index contributed by atoms with van der Waals surface area (Å²) in [5.74, 6) is 0. The van der Waals surface area contributed by atoms with Gasteiger partial charge in [0, 0.05) is 24.2 Å². The van der Waals surface area contributed by atoms with Gasteiger partial charge in [0.25, 0.3) is 0 Å². The van der Waals surface area contributed by atoms with Crippen LogP contribution in [0.4, 0.5) is 0 Å². The molecule has 1 unspecified atom stereocenters. The van der Waals surface area contributed by atoms with Crippen LogP contribution in [-0.2, 0) is 16.6 Å². The smallest absolute Gasteiger partial charge is 0.242 e. The molecule has 0 amide bonds. The summed E-state index contributed by atoms with van der Waals surface area (Å²) < 4.78 is 27.5. The Morgan fingerprint density at radius 3 is 2.70 bits per heavy atom. The molecule has 1 fully saturated rings. The Morgan fingerprint density at radius 1 is 1.45 bits per heavy atom. The van der Waals surface area contributed by atoms with Crippen molar-refractivity contribution in [3.8, 4) is 0 Å². The molecule has 1 saturated heterocycles. The predicted molar refractivity (Wildman–Crippen MR) is 80.6 cm³/mol. The minimum Gasteiger partial charge on any atom is -0.326 e. The van der Waals surface area contributed by atoms with E-state index in [1.807, 2.05) is 7.05 Å². The third-order valence-electron chi connectivity index (χ3n) is 3.30. The molecule has 1 aliphatic heterocycles. The van der Waals surface area contributed by atoms with Gasteiger partial charge in [0.2, 0.25) is 10.0 Å². The van der Waals surface area contributed by atoms with Gasteiger partial charge >= 0.3 is 0 Å². The lowest BCUT2D eigenvalue weighted by molar-refractivity contribution is 0.407. The predicted octanol–water partition coefficient (Wildman–Crippen LogP) is 1.43. The van der Waals surface area contributed by atoms with Crippen molar-refractivity contribution < 1.29 is 8.42 Å². The lowest BCUT2D eigenvalue weighted by Crippen LogP contribution is -2.36. The van der Waals surface area contributed by atoms with Crippen LogP contribution in [0.2, 0.25) is 10.0 Å². The Labute approximate surface area is 129 Å². The van der Waals surface area contributed by atoms with Gasteiger partial charge < -0.3 is 10.6 Å². The second-order valence-corrected chi connectivity index (χ2v) is 7.45. The molecule has 0 spiro atoms. The Kier molecular flexibility index (Phi) is 4.94. The van der Waals surface area contributed by atoms with Crippen LogP contribution < -0.4 is 10.5 Å². The van der Waals surface area contributed by atoms with Crippen molar-refractivity contribution in [1.82, 2.24) is 9.62 Å². The topological polar surface area (TPSA) is 75.4 Å². The second kappa shape index (κ2) is 6.17. The Bertz CT molecular complexity index is 607. The van der Waals surface area contributed by atoms with E-state index < -0.39 is 10.0 Å². The molecule has 0 saturated carbocycles. The number of likely N-dealkylation sites (N-methyl/N-ethyl adjacent to an activating group) is 1. The van der Waals surface area contributed by atoms with Gasteiger partial charge in [-0.15, -0.1) is 0 Å². The number of nitrogens with one attached hydrogen (secondary N) is 1. The molecule has 1 aliphatic rings. The zero-order chi connectivity index (χ0) is 14.9. The molecule has 2 rings (SSSR count). The fourth-order valence-electron chi connectivity index (χ4n) is 2.28. The van der Waals surface area contributed by atoms with Crippen molar-refractivity contribution in [2.45, 2.75) is 23.9 Å². The van der Waals surface area contributed by atoms with Crippen molar-refractivity contribution in [2.24, 2.45) is 5.73 Å². The highest BCUT2D eigenvalue weighted by atomic mass is 35.5. The van der Waals surface area contributed by atoms with Crippen LogP contribution in [0.15, 0.2) is 17.0 Å². The molecule has 1 heterocycles. The number of hydrogen-bond donors (Lipinski definition) is 2. The van der Waals surface area contributed by atoms with Crippen molar-refractivity contribution in [3.05, 3.63) is 27.7 Å². The van der Waals surface area contributed by atoms with Gasteiger partial charge in [-0.05, 0) is 37.7 Å². The largest absolute Gasteiger partial charge is 0.326 e. The van der Waals surface area contributed by atoms with E-state index in [4.69, 9.17) is 28.9 Å². The monoisotopic (exact) mass is 337 g/mol. The van der Waals surface area contributed by atoms with E-state index in [9.17, 15) is 8.42 Å². The van der Waals surface area contributed by atoms with E-state index >= 15 is 0 Å². The fraction of sp³-hybridized carbons (Fsp3) is 0.500. The first-order chi connectivity index (χ1) is 9.33. The number of nitrogens with zero attached hydrogens (tertiary/aromatic N) is 1. The summed E-state index contributed by atoms with van der Waals surface area (Å²) in [7, 11) is -1.75. The fourth-order valence-corrected chi connectivity index (χ4v) is 4.48. The summed E-state index contributed by atoms with van der Waals surface area (Å²) in [5.41, 5.74) is 6.07. The van der Waals surface area contributed by atoms with E-state index in [2.05, 4.69) is 9.62 Å². The molecule has 3 N–H and O–H groups in total. The Balaban J connectivity index is 2.32. The summed E-state index contributed by atoms with van der Waals surface area (Å²) in [6.07, 6.45) is 0.775. The van der Waals surface area contributed by atoms with Gasteiger partial charge in [-0.2, -0.15) is 0 Å². The van der Waals surface area contributed by atoms with Crippen molar-refractivity contribution >= 4 is 33.2 Å². The quantitative estimate of drug-likeness (QED) is 0.871. The lowest BCUT2D eigenvalue weighted by atomic mass is 10.2. The molecule has 112 valence electrons. The molecule has 1 atom stereocenters. The number of hydrogen-bond acceptors (Lipinski definition) is 4. The van der Waals surface area contributed by atoms with E-state index in [1.54, 1.807) is 6.07 Å². The molecule has 5 nitrogen and oxygen atoms in total. The van der Waals surface area contributed by atoms with E-state index in [0.29, 0.717) is 17.1 Å². The van der Waals surface area contributed by atoms with Crippen LogP contribution in [0.3, 0.4) is 0 Å². The van der Waals surface area contributed by atoms with Crippen molar-refractivity contribution in [3.63, 3.8) is 0 Å². The maximum atomic E-state index is 12.4. The molecule has 1 aromatic rings. The number of likely N-dealkylation sites (tertiary alicyclic amines) is 1. The molecule has 0 bridgehead atoms. The molecule has 20 heavy (non-hydrogen) atoms. The summed E-state index contributed by atoms with van der Waals surface area (Å²) in [4.78, 5) is 2.06. The first kappa shape index (κ1) is 16.0. The summed E-state index contributed by atoms with van der Waals surface area (Å²) >= 11 is 12.0. The number of rotatable bonds is 4. The van der Waals surface area contributed by atoms with Crippen LogP contribution in [-0.4, -0.2) is 39.5 Å². The second-order valence-electron chi connectivity index (χ2n) is 4.95. The van der Waals surface area contributed by atoms with Crippen LogP contribution in [0.25, 0.3) is 0 Å². The minimum absolute atomic E-state index is 0.0123. The zero-order valence-corrected chi connectivity index (χ0v) is 13.4. The highest BCUT2D eigenvalue weighted by Gasteiger charge is 2.27. The maximum absolute atomic E-state index is 12.4. The lowest BCUT2D eigenvalue weighted by Gasteiger charge is -2.15. The third kappa shape index (κ3) is 3.44. The standard InChI is InChI=1S/C12H17Cl2N3O2S/c1-17-3-2-10(7-17)16-20(18,19)11-5-9(13)4-8(6-15)12(11)14/h4-5,10,16H,2-3,6-7,15H2,1H3. The average molecular weight is 338 g/mol. The van der Waals surface area contributed by atoms with Crippen molar-refractivity contribution in [1.29, 1.82) is 0 Å². The molecule has 0 aliphatic carbocycles. The van der Waals surface area contributed by atoms with Gasteiger partial charge in [-0.3, -0.25) is 0 Å². The van der Waals surface area contributed by atoms with Crippen molar-refractivity contribution in [2.75, 3.05) is 20.1 Å². The van der Waals surface area contributed by atoms with Gasteiger partial charge in [0.1, 0.15) is 4.90 Å². The molecular weight excluding hydrogens is 321 g/mol. The number of nitrogens with two attached hydrogens (primary N) is 1. The van der Waals surface area contributed by atoms with E-state index in [-0.39, 0.29) is 22.5 Å². The number of sulfonamides is 1. The van der Waals surface area contributed by atoms with Crippen LogP contribution in [0.5, 0.6) is 0 Å². The Morgan fingerprint density at radius 2 is 2.15 bits per heavy atom. The highest BCUT2D eigenvalue weighted by Crippen LogP contribution is 2.29. The molecule has 0 aromatic heterocycles. The summed E-state index contributed by atoms with van der Waals surface area (Å²) in [6, 6.07) is 2.82. The Hall–Kier alpha value is -0.370. The third-order valence-corrected chi connectivity index (χ3v) is 5.62. The van der Waals surface area contributed by atoms with Gasteiger partial charge in [-0.25, -0.2) is 13.1 Å². The number of halogens is 2. The molecular formula is C12H17Cl2N3O2S. The molecule has 1 aromatic carbocycles. The molecule has 8 heteroatoms. The minimum atomic E-state index is -3.70. The van der Waals surface area contributed by atoms with Crippen LogP contribution in [0.1, 0.15) is 12.0 Å². The zero-order valence-electron chi connectivity index (χ0n) is 11.1. The number of benzene rings is 1. The normalized spacial score (nSPS) is 20.5. The van der Waals surface area contributed by atoms with Gasteiger partial charge in [0.15, 0.2) is 0 Å². The first-order valence-electron chi connectivity index (χ1n) is 6.22. The van der Waals surface area contributed by atoms with Crippen LogP contribution >= 0.6 is 23.2 Å².